The molecule has 0 bridgehead atoms. The SMILES string of the molecule is CCOC(=O)c1c(NC(=O)COC(=O)c2ccc(-c3ccc(C=O)o3)cc2)sc2c1CCCC2. The average molecular weight is 482 g/mol. The number of ether oxygens (including phenoxy) is 2. The van der Waals surface area contributed by atoms with Crippen molar-refractivity contribution in [1.82, 2.24) is 0 Å². The Balaban J connectivity index is 1.38. The van der Waals surface area contributed by atoms with Crippen molar-refractivity contribution in [3.05, 3.63) is 63.7 Å². The third-order valence-corrected chi connectivity index (χ3v) is 6.59. The van der Waals surface area contributed by atoms with Crippen LogP contribution in [0.25, 0.3) is 11.3 Å². The summed E-state index contributed by atoms with van der Waals surface area (Å²) in [6.45, 7) is 1.48. The summed E-state index contributed by atoms with van der Waals surface area (Å²) in [6.07, 6.45) is 4.27. The molecule has 1 aliphatic carbocycles. The van der Waals surface area contributed by atoms with Crippen LogP contribution < -0.4 is 5.32 Å². The molecule has 176 valence electrons. The van der Waals surface area contributed by atoms with Gasteiger partial charge in [-0.3, -0.25) is 9.59 Å². The summed E-state index contributed by atoms with van der Waals surface area (Å²) in [4.78, 5) is 49.2. The quantitative estimate of drug-likeness (QED) is 0.367. The Morgan fingerprint density at radius 3 is 2.50 bits per heavy atom. The van der Waals surface area contributed by atoms with E-state index < -0.39 is 24.5 Å². The number of esters is 2. The van der Waals surface area contributed by atoms with Crippen molar-refractivity contribution in [2.45, 2.75) is 32.6 Å². The molecule has 2 aromatic heterocycles. The van der Waals surface area contributed by atoms with Gasteiger partial charge in [-0.25, -0.2) is 9.59 Å². The molecule has 3 aromatic rings. The molecule has 0 radical (unpaired) electrons. The maximum Gasteiger partial charge on any atom is 0.341 e. The van der Waals surface area contributed by atoms with Crippen LogP contribution in [-0.4, -0.2) is 37.3 Å². The molecule has 34 heavy (non-hydrogen) atoms. The van der Waals surface area contributed by atoms with Crippen molar-refractivity contribution in [2.75, 3.05) is 18.5 Å². The molecular weight excluding hydrogens is 458 g/mol. The molecule has 0 unspecified atom stereocenters. The van der Waals surface area contributed by atoms with Gasteiger partial charge < -0.3 is 19.2 Å². The Kier molecular flexibility index (Phi) is 7.22. The number of furan rings is 1. The number of amides is 1. The van der Waals surface area contributed by atoms with Crippen LogP contribution in [0.2, 0.25) is 0 Å². The van der Waals surface area contributed by atoms with Gasteiger partial charge in [0, 0.05) is 10.4 Å². The van der Waals surface area contributed by atoms with E-state index in [1.54, 1.807) is 43.3 Å². The van der Waals surface area contributed by atoms with Gasteiger partial charge in [0.2, 0.25) is 0 Å². The molecule has 1 aromatic carbocycles. The van der Waals surface area contributed by atoms with E-state index in [-0.39, 0.29) is 17.9 Å². The fraction of sp³-hybridized carbons (Fsp3) is 0.280. The first-order chi connectivity index (χ1) is 16.5. The van der Waals surface area contributed by atoms with Crippen LogP contribution in [0.4, 0.5) is 5.00 Å². The van der Waals surface area contributed by atoms with Crippen molar-refractivity contribution < 1.29 is 33.1 Å². The van der Waals surface area contributed by atoms with E-state index in [1.165, 1.54) is 11.3 Å². The molecule has 2 heterocycles. The number of fused-ring (bicyclic) bond motifs is 1. The zero-order valence-corrected chi connectivity index (χ0v) is 19.4. The molecule has 1 amide bonds. The summed E-state index contributed by atoms with van der Waals surface area (Å²) in [6, 6.07) is 9.63. The van der Waals surface area contributed by atoms with E-state index in [2.05, 4.69) is 5.32 Å². The van der Waals surface area contributed by atoms with Gasteiger partial charge in [-0.15, -0.1) is 11.3 Å². The molecule has 0 spiro atoms. The lowest BCUT2D eigenvalue weighted by molar-refractivity contribution is -0.119. The first-order valence-electron chi connectivity index (χ1n) is 10.9. The zero-order chi connectivity index (χ0) is 24.1. The van der Waals surface area contributed by atoms with Gasteiger partial charge in [0.05, 0.1) is 17.7 Å². The Morgan fingerprint density at radius 1 is 1.03 bits per heavy atom. The molecule has 4 rings (SSSR count). The highest BCUT2D eigenvalue weighted by atomic mass is 32.1. The minimum Gasteiger partial charge on any atom is -0.462 e. The highest BCUT2D eigenvalue weighted by molar-refractivity contribution is 7.17. The monoisotopic (exact) mass is 481 g/mol. The topological polar surface area (TPSA) is 112 Å². The highest BCUT2D eigenvalue weighted by Gasteiger charge is 2.27. The van der Waals surface area contributed by atoms with Crippen LogP contribution in [0.1, 0.15) is 61.5 Å². The minimum atomic E-state index is -0.661. The number of rotatable bonds is 8. The minimum absolute atomic E-state index is 0.210. The number of benzene rings is 1. The smallest absolute Gasteiger partial charge is 0.341 e. The number of thiophene rings is 1. The zero-order valence-electron chi connectivity index (χ0n) is 18.6. The van der Waals surface area contributed by atoms with Crippen LogP contribution in [0.5, 0.6) is 0 Å². The second-order valence-corrected chi connectivity index (χ2v) is 8.76. The second-order valence-electron chi connectivity index (χ2n) is 7.66. The van der Waals surface area contributed by atoms with E-state index >= 15 is 0 Å². The van der Waals surface area contributed by atoms with Crippen molar-refractivity contribution in [3.8, 4) is 11.3 Å². The molecule has 0 aliphatic heterocycles. The number of hydrogen-bond donors (Lipinski definition) is 1. The number of hydrogen-bond acceptors (Lipinski definition) is 8. The maximum atomic E-state index is 12.5. The lowest BCUT2D eigenvalue weighted by Crippen LogP contribution is -2.22. The van der Waals surface area contributed by atoms with Gasteiger partial charge >= 0.3 is 11.9 Å². The van der Waals surface area contributed by atoms with E-state index in [9.17, 15) is 19.2 Å². The van der Waals surface area contributed by atoms with Crippen LogP contribution in [0, 0.1) is 0 Å². The highest BCUT2D eigenvalue weighted by Crippen LogP contribution is 2.38. The molecule has 9 heteroatoms. The fourth-order valence-electron chi connectivity index (χ4n) is 3.79. The van der Waals surface area contributed by atoms with Crippen LogP contribution in [0.3, 0.4) is 0 Å². The molecule has 0 saturated carbocycles. The van der Waals surface area contributed by atoms with E-state index in [4.69, 9.17) is 13.9 Å². The second kappa shape index (κ2) is 10.5. The Hall–Kier alpha value is -3.72. The van der Waals surface area contributed by atoms with Gasteiger partial charge in [0.25, 0.3) is 5.91 Å². The number of carbonyl (C=O) groups excluding carboxylic acids is 4. The number of anilines is 1. The number of aryl methyl sites for hydroxylation is 1. The van der Waals surface area contributed by atoms with Gasteiger partial charge in [-0.05, 0) is 62.4 Å². The predicted molar refractivity (Wildman–Crippen MR) is 125 cm³/mol. The van der Waals surface area contributed by atoms with Crippen molar-refractivity contribution >= 4 is 40.5 Å². The average Bonchev–Trinajstić information content (AvgIpc) is 3.47. The Labute approximate surface area is 199 Å². The molecule has 1 aliphatic rings. The largest absolute Gasteiger partial charge is 0.462 e. The molecular formula is C25H23NO7S. The van der Waals surface area contributed by atoms with Gasteiger partial charge in [-0.1, -0.05) is 12.1 Å². The van der Waals surface area contributed by atoms with E-state index in [0.29, 0.717) is 28.2 Å². The van der Waals surface area contributed by atoms with Crippen molar-refractivity contribution in [2.24, 2.45) is 0 Å². The van der Waals surface area contributed by atoms with E-state index in [1.807, 2.05) is 0 Å². The lowest BCUT2D eigenvalue weighted by Gasteiger charge is -2.12. The van der Waals surface area contributed by atoms with Crippen LogP contribution in [0.15, 0.2) is 40.8 Å². The van der Waals surface area contributed by atoms with Gasteiger partial charge in [0.15, 0.2) is 18.7 Å². The Morgan fingerprint density at radius 2 is 1.79 bits per heavy atom. The summed E-state index contributed by atoms with van der Waals surface area (Å²) in [5.41, 5.74) is 2.31. The summed E-state index contributed by atoms with van der Waals surface area (Å²) >= 11 is 1.37. The number of aldehydes is 1. The molecule has 8 nitrogen and oxygen atoms in total. The van der Waals surface area contributed by atoms with Gasteiger partial charge in [-0.2, -0.15) is 0 Å². The maximum absolute atomic E-state index is 12.5. The lowest BCUT2D eigenvalue weighted by atomic mass is 9.95. The fourth-order valence-corrected chi connectivity index (χ4v) is 5.09. The summed E-state index contributed by atoms with van der Waals surface area (Å²) in [7, 11) is 0. The van der Waals surface area contributed by atoms with Gasteiger partial charge in [0.1, 0.15) is 10.8 Å². The normalized spacial score (nSPS) is 12.5. The molecule has 0 fully saturated rings. The van der Waals surface area contributed by atoms with Crippen LogP contribution >= 0.6 is 11.3 Å². The Bertz CT molecular complexity index is 1220. The standard InChI is InChI=1S/C25H23NO7S/c1-2-31-25(30)22-18-5-3-4-6-20(18)34-23(22)26-21(28)14-32-24(29)16-9-7-15(8-10-16)19-12-11-17(13-27)33-19/h7-13H,2-6,14H2,1H3,(H,26,28). The third kappa shape index (κ3) is 5.09. The van der Waals surface area contributed by atoms with Crippen LogP contribution in [-0.2, 0) is 27.1 Å². The first-order valence-corrected chi connectivity index (χ1v) is 11.8. The summed E-state index contributed by atoms with van der Waals surface area (Å²) in [5, 5.41) is 3.15. The molecule has 1 N–H and O–H groups in total. The first kappa shape index (κ1) is 23.4. The van der Waals surface area contributed by atoms with E-state index in [0.717, 1.165) is 36.1 Å². The number of nitrogens with one attached hydrogen (secondary N) is 1. The predicted octanol–water partition coefficient (Wildman–Crippen LogP) is 4.67. The summed E-state index contributed by atoms with van der Waals surface area (Å²) < 4.78 is 15.7. The number of carbonyl (C=O) groups is 4. The molecule has 0 atom stereocenters. The van der Waals surface area contributed by atoms with Crippen molar-refractivity contribution in [1.29, 1.82) is 0 Å². The van der Waals surface area contributed by atoms with Crippen molar-refractivity contribution in [3.63, 3.8) is 0 Å². The third-order valence-electron chi connectivity index (χ3n) is 5.39. The molecule has 0 saturated heterocycles. The summed E-state index contributed by atoms with van der Waals surface area (Å²) in [5.74, 6) is -0.942.